The summed E-state index contributed by atoms with van der Waals surface area (Å²) >= 11 is 5.16. The van der Waals surface area contributed by atoms with E-state index in [2.05, 4.69) is 21.4 Å². The maximum atomic E-state index is 5.71. The van der Waals surface area contributed by atoms with Crippen LogP contribution in [0.5, 0.6) is 11.5 Å². The topological polar surface area (TPSA) is 56.5 Å². The van der Waals surface area contributed by atoms with E-state index in [0.717, 1.165) is 26.4 Å². The molecule has 0 spiro atoms. The molecule has 0 aliphatic carbocycles. The number of ether oxygens (including phenoxy) is 2. The largest absolute Gasteiger partial charge is 0.497 e. The molecule has 0 saturated carbocycles. The highest BCUT2D eigenvalue weighted by atomic mass is 79.9. The molecule has 1 atom stereocenters. The van der Waals surface area contributed by atoms with Gasteiger partial charge in [0.25, 0.3) is 0 Å². The Morgan fingerprint density at radius 2 is 2.05 bits per heavy atom. The van der Waals surface area contributed by atoms with Gasteiger partial charge in [-0.15, -0.1) is 11.3 Å². The number of rotatable bonds is 5. The number of nitrogens with one attached hydrogen (secondary N) is 1. The maximum absolute atomic E-state index is 5.71. The van der Waals surface area contributed by atoms with Gasteiger partial charge >= 0.3 is 0 Å². The van der Waals surface area contributed by atoms with Crippen LogP contribution in [-0.2, 0) is 0 Å². The molecule has 0 saturated heterocycles. The van der Waals surface area contributed by atoms with Crippen molar-refractivity contribution < 1.29 is 9.47 Å². The van der Waals surface area contributed by atoms with Crippen molar-refractivity contribution in [2.75, 3.05) is 14.2 Å². The third-order valence-corrected chi connectivity index (χ3v) is 4.76. The first-order valence-electron chi connectivity index (χ1n) is 5.62. The lowest BCUT2D eigenvalue weighted by Crippen LogP contribution is -2.28. The molecule has 3 N–H and O–H groups in total. The van der Waals surface area contributed by atoms with Gasteiger partial charge in [-0.3, -0.25) is 5.84 Å². The van der Waals surface area contributed by atoms with E-state index in [1.165, 1.54) is 0 Å². The zero-order chi connectivity index (χ0) is 13.8. The van der Waals surface area contributed by atoms with E-state index in [1.54, 1.807) is 25.6 Å². The van der Waals surface area contributed by atoms with Gasteiger partial charge in [-0.1, -0.05) is 0 Å². The fourth-order valence-corrected chi connectivity index (χ4v) is 3.55. The van der Waals surface area contributed by atoms with E-state index in [9.17, 15) is 0 Å². The van der Waals surface area contributed by atoms with Crippen LogP contribution in [-0.4, -0.2) is 14.2 Å². The highest BCUT2D eigenvalue weighted by Crippen LogP contribution is 2.37. The third-order valence-electron chi connectivity index (χ3n) is 2.83. The molecule has 19 heavy (non-hydrogen) atoms. The summed E-state index contributed by atoms with van der Waals surface area (Å²) in [6, 6.07) is 7.56. The van der Waals surface area contributed by atoms with Crippen LogP contribution in [0.3, 0.4) is 0 Å². The Bertz CT molecular complexity index is 559. The highest BCUT2D eigenvalue weighted by molar-refractivity contribution is 9.10. The summed E-state index contributed by atoms with van der Waals surface area (Å²) in [4.78, 5) is 1.10. The summed E-state index contributed by atoms with van der Waals surface area (Å²) in [5.74, 6) is 7.20. The van der Waals surface area contributed by atoms with Gasteiger partial charge in [-0.2, -0.15) is 0 Å². The number of hydrogen-bond donors (Lipinski definition) is 2. The number of benzene rings is 1. The summed E-state index contributed by atoms with van der Waals surface area (Å²) in [7, 11) is 3.26. The summed E-state index contributed by atoms with van der Waals surface area (Å²) in [5, 5.41) is 2.01. The fourth-order valence-electron chi connectivity index (χ4n) is 1.88. The molecule has 0 amide bonds. The van der Waals surface area contributed by atoms with E-state index in [-0.39, 0.29) is 6.04 Å². The van der Waals surface area contributed by atoms with Gasteiger partial charge in [0, 0.05) is 21.0 Å². The molecular weight excluding hydrogens is 328 g/mol. The van der Waals surface area contributed by atoms with Crippen LogP contribution in [0.4, 0.5) is 0 Å². The Kier molecular flexibility index (Phi) is 4.81. The van der Waals surface area contributed by atoms with E-state index >= 15 is 0 Å². The lowest BCUT2D eigenvalue weighted by atomic mass is 10.0. The predicted molar refractivity (Wildman–Crippen MR) is 80.7 cm³/mol. The molecule has 1 unspecified atom stereocenters. The lowest BCUT2D eigenvalue weighted by Gasteiger charge is -2.19. The second-order valence-corrected chi connectivity index (χ2v) is 5.64. The summed E-state index contributed by atoms with van der Waals surface area (Å²) in [6.07, 6.45) is 0. The smallest absolute Gasteiger partial charge is 0.127 e. The minimum Gasteiger partial charge on any atom is -0.497 e. The molecule has 4 nitrogen and oxygen atoms in total. The van der Waals surface area contributed by atoms with Crippen LogP contribution in [0.1, 0.15) is 16.5 Å². The van der Waals surface area contributed by atoms with Crippen LogP contribution in [0.25, 0.3) is 0 Å². The zero-order valence-electron chi connectivity index (χ0n) is 10.6. The standard InChI is InChI=1S/C13H15BrN2O2S/c1-17-8-3-4-9(11(7-8)18-2)12(16-15)13-10(14)5-6-19-13/h3-7,12,16H,15H2,1-2H3. The monoisotopic (exact) mass is 342 g/mol. The van der Waals surface area contributed by atoms with Crippen LogP contribution >= 0.6 is 27.3 Å². The van der Waals surface area contributed by atoms with E-state index in [4.69, 9.17) is 15.3 Å². The predicted octanol–water partition coefficient (Wildman–Crippen LogP) is 3.08. The normalized spacial score (nSPS) is 12.2. The van der Waals surface area contributed by atoms with Crippen molar-refractivity contribution in [3.05, 3.63) is 44.6 Å². The summed E-state index contributed by atoms with van der Waals surface area (Å²) in [5.41, 5.74) is 3.80. The Morgan fingerprint density at radius 3 is 2.58 bits per heavy atom. The van der Waals surface area contributed by atoms with Crippen molar-refractivity contribution in [3.63, 3.8) is 0 Å². The van der Waals surface area contributed by atoms with Crippen LogP contribution < -0.4 is 20.7 Å². The minimum absolute atomic E-state index is 0.129. The second kappa shape index (κ2) is 6.38. The van der Waals surface area contributed by atoms with Gasteiger partial charge in [0.1, 0.15) is 11.5 Å². The van der Waals surface area contributed by atoms with Gasteiger partial charge in [0.05, 0.1) is 20.3 Å². The molecule has 1 aromatic heterocycles. The van der Waals surface area contributed by atoms with E-state index in [1.807, 2.05) is 29.6 Å². The molecule has 0 fully saturated rings. The number of thiophene rings is 1. The molecule has 2 rings (SSSR count). The fraction of sp³-hybridized carbons (Fsp3) is 0.231. The molecule has 102 valence electrons. The van der Waals surface area contributed by atoms with Crippen molar-refractivity contribution in [3.8, 4) is 11.5 Å². The number of methoxy groups -OCH3 is 2. The van der Waals surface area contributed by atoms with Crippen molar-refractivity contribution in [2.24, 2.45) is 5.84 Å². The first kappa shape index (κ1) is 14.3. The van der Waals surface area contributed by atoms with E-state index in [0.29, 0.717) is 0 Å². The lowest BCUT2D eigenvalue weighted by molar-refractivity contribution is 0.388. The SMILES string of the molecule is COc1ccc(C(NN)c2sccc2Br)c(OC)c1. The molecule has 2 aromatic rings. The van der Waals surface area contributed by atoms with Crippen molar-refractivity contribution in [2.45, 2.75) is 6.04 Å². The minimum atomic E-state index is -0.129. The van der Waals surface area contributed by atoms with Gasteiger partial charge in [-0.25, -0.2) is 5.43 Å². The highest BCUT2D eigenvalue weighted by Gasteiger charge is 2.20. The Balaban J connectivity index is 2.46. The number of hydrazine groups is 1. The quantitative estimate of drug-likeness (QED) is 0.647. The molecule has 0 bridgehead atoms. The van der Waals surface area contributed by atoms with Gasteiger partial charge in [0.2, 0.25) is 0 Å². The Hall–Kier alpha value is -1.08. The van der Waals surface area contributed by atoms with Crippen LogP contribution in [0, 0.1) is 0 Å². The zero-order valence-corrected chi connectivity index (χ0v) is 13.0. The van der Waals surface area contributed by atoms with Crippen molar-refractivity contribution in [1.82, 2.24) is 5.43 Å². The van der Waals surface area contributed by atoms with Gasteiger partial charge in [0.15, 0.2) is 0 Å². The molecule has 6 heteroatoms. The molecule has 0 aliphatic heterocycles. The summed E-state index contributed by atoms with van der Waals surface area (Å²) < 4.78 is 11.6. The van der Waals surface area contributed by atoms with Crippen LogP contribution in [0.2, 0.25) is 0 Å². The third kappa shape index (κ3) is 2.92. The molecule has 0 radical (unpaired) electrons. The molecule has 1 aromatic carbocycles. The average molecular weight is 343 g/mol. The Morgan fingerprint density at radius 1 is 1.26 bits per heavy atom. The molecule has 0 aliphatic rings. The van der Waals surface area contributed by atoms with Gasteiger partial charge in [-0.05, 0) is 39.5 Å². The number of halogens is 1. The first-order valence-corrected chi connectivity index (χ1v) is 7.29. The van der Waals surface area contributed by atoms with Crippen molar-refractivity contribution >= 4 is 27.3 Å². The Labute approximate surface area is 124 Å². The number of nitrogens with two attached hydrogens (primary N) is 1. The van der Waals surface area contributed by atoms with Crippen LogP contribution in [0.15, 0.2) is 34.1 Å². The van der Waals surface area contributed by atoms with Gasteiger partial charge < -0.3 is 9.47 Å². The van der Waals surface area contributed by atoms with E-state index < -0.39 is 0 Å². The molecule has 1 heterocycles. The number of hydrogen-bond acceptors (Lipinski definition) is 5. The summed E-state index contributed by atoms with van der Waals surface area (Å²) in [6.45, 7) is 0. The molecular formula is C13H15BrN2O2S. The first-order chi connectivity index (χ1) is 9.21. The van der Waals surface area contributed by atoms with Crippen molar-refractivity contribution in [1.29, 1.82) is 0 Å². The maximum Gasteiger partial charge on any atom is 0.127 e. The second-order valence-electron chi connectivity index (χ2n) is 3.84. The average Bonchev–Trinajstić information content (AvgIpc) is 2.86.